The summed E-state index contributed by atoms with van der Waals surface area (Å²) >= 11 is 0. The predicted octanol–water partition coefficient (Wildman–Crippen LogP) is 10.2. The Morgan fingerprint density at radius 3 is 2.13 bits per heavy atom. The highest BCUT2D eigenvalue weighted by Gasteiger charge is 2.58. The molecule has 0 unspecified atom stereocenters. The lowest BCUT2D eigenvalue weighted by molar-refractivity contribution is -0.985. The van der Waals surface area contributed by atoms with Crippen molar-refractivity contribution in [1.29, 1.82) is 0 Å². The van der Waals surface area contributed by atoms with Crippen molar-refractivity contribution >= 4 is 32.4 Å². The fourth-order valence-electron chi connectivity index (χ4n) is 12.1. The summed E-state index contributed by atoms with van der Waals surface area (Å²) in [5.74, 6) is 3.80. The zero-order valence-electron chi connectivity index (χ0n) is 27.6. The van der Waals surface area contributed by atoms with Gasteiger partial charge in [-0.2, -0.15) is 0 Å². The van der Waals surface area contributed by atoms with Gasteiger partial charge in [-0.05, 0) is 108 Å². The van der Waals surface area contributed by atoms with Gasteiger partial charge in [0.05, 0.1) is 24.2 Å². The van der Waals surface area contributed by atoms with Gasteiger partial charge in [-0.1, -0.05) is 72.8 Å². The van der Waals surface area contributed by atoms with Crippen molar-refractivity contribution in [2.24, 2.45) is 29.6 Å². The van der Waals surface area contributed by atoms with Gasteiger partial charge in [-0.25, -0.2) is 0 Å². The van der Waals surface area contributed by atoms with Crippen LogP contribution < -0.4 is 0 Å². The van der Waals surface area contributed by atoms with Gasteiger partial charge in [0.25, 0.3) is 0 Å². The minimum atomic E-state index is 0.0234. The van der Waals surface area contributed by atoms with E-state index in [0.717, 1.165) is 40.8 Å². The number of para-hydroxylation sites is 1. The molecule has 0 spiro atoms. The quantitative estimate of drug-likeness (QED) is 0.103. The number of rotatable bonds is 7. The Morgan fingerprint density at radius 2 is 1.45 bits per heavy atom. The van der Waals surface area contributed by atoms with Crippen LogP contribution in [-0.2, 0) is 11.3 Å². The molecule has 7 aliphatic rings. The summed E-state index contributed by atoms with van der Waals surface area (Å²) in [4.78, 5) is 4.85. The number of pyridine rings is 1. The Labute approximate surface area is 279 Å². The van der Waals surface area contributed by atoms with Crippen LogP contribution in [0.5, 0.6) is 0 Å². The normalized spacial score (nSPS) is 34.7. The molecule has 4 aliphatic carbocycles. The van der Waals surface area contributed by atoms with Crippen LogP contribution in [0.4, 0.5) is 0 Å². The van der Waals surface area contributed by atoms with Crippen molar-refractivity contribution in [1.82, 2.24) is 4.98 Å². The van der Waals surface area contributed by atoms with Crippen LogP contribution in [0.3, 0.4) is 0 Å². The first-order valence-corrected chi connectivity index (χ1v) is 18.5. The first kappa shape index (κ1) is 28.5. The summed E-state index contributed by atoms with van der Waals surface area (Å²) in [5, 5.41) is 6.80. The summed E-state index contributed by atoms with van der Waals surface area (Å²) in [6, 6.07) is 32.1. The zero-order chi connectivity index (χ0) is 31.2. The molecule has 0 N–H and O–H groups in total. The summed E-state index contributed by atoms with van der Waals surface area (Å²) in [6.45, 7) is 7.80. The van der Waals surface area contributed by atoms with E-state index in [-0.39, 0.29) is 11.7 Å². The molecule has 3 nitrogen and oxygen atoms in total. The lowest BCUT2D eigenvalue weighted by Gasteiger charge is -2.61. The Bertz CT molecular complexity index is 1920. The predicted molar refractivity (Wildman–Crippen MR) is 192 cm³/mol. The van der Waals surface area contributed by atoms with Crippen molar-refractivity contribution < 1.29 is 9.22 Å². The minimum Gasteiger partial charge on any atom is -0.361 e. The fraction of sp³-hybridized carbons (Fsp3) is 0.432. The van der Waals surface area contributed by atoms with E-state index in [1.54, 1.807) is 0 Å². The standard InChI is InChI=1S/C44H47N2O/c1-2-32-27-46(28-40-36-11-5-3-9-34(36)22-35-10-4-6-12-37(35)40)18-16-33(32)23-42(46)43(39-15-17-45-41-14-8-7-13-38(39)41)47-44-24-29-19-30(25-44)21-31(20-29)26-44/h2-15,17,22,29-33,42-43H,1,16,18-21,23-28H2/q+1/t29?,30?,31?,32-,33-,42+,43-,44?,46-/m0/s1. The summed E-state index contributed by atoms with van der Waals surface area (Å²) in [6.07, 6.45) is 15.0. The minimum absolute atomic E-state index is 0.0234. The largest absolute Gasteiger partial charge is 0.361 e. The smallest absolute Gasteiger partial charge is 0.136 e. The monoisotopic (exact) mass is 619 g/mol. The first-order chi connectivity index (χ1) is 23.1. The van der Waals surface area contributed by atoms with Crippen molar-refractivity contribution in [3.05, 3.63) is 115 Å². The Balaban J connectivity index is 1.15. The molecule has 3 heteroatoms. The second kappa shape index (κ2) is 10.7. The number of nitrogens with zero attached hydrogens (tertiary/aromatic N) is 2. The summed E-state index contributed by atoms with van der Waals surface area (Å²) in [7, 11) is 0. The van der Waals surface area contributed by atoms with E-state index >= 15 is 0 Å². The van der Waals surface area contributed by atoms with Gasteiger partial charge in [0.1, 0.15) is 18.7 Å². The molecule has 1 aromatic heterocycles. The number of benzene rings is 4. The Hall–Kier alpha value is -3.53. The molecule has 238 valence electrons. The van der Waals surface area contributed by atoms with Crippen molar-refractivity contribution in [2.45, 2.75) is 75.7 Å². The van der Waals surface area contributed by atoms with E-state index in [4.69, 9.17) is 9.72 Å². The molecule has 7 fully saturated rings. The molecule has 3 aliphatic heterocycles. The van der Waals surface area contributed by atoms with Crippen LogP contribution in [0.1, 0.15) is 68.6 Å². The van der Waals surface area contributed by atoms with Crippen LogP contribution in [0.15, 0.2) is 104 Å². The maximum absolute atomic E-state index is 7.97. The molecule has 47 heavy (non-hydrogen) atoms. The zero-order valence-corrected chi connectivity index (χ0v) is 27.6. The fourth-order valence-corrected chi connectivity index (χ4v) is 12.1. The van der Waals surface area contributed by atoms with E-state index in [0.29, 0.717) is 17.9 Å². The Kier molecular flexibility index (Phi) is 6.51. The van der Waals surface area contributed by atoms with E-state index in [1.165, 1.54) is 96.0 Å². The van der Waals surface area contributed by atoms with E-state index in [1.807, 2.05) is 0 Å². The second-order valence-electron chi connectivity index (χ2n) is 16.4. The van der Waals surface area contributed by atoms with Crippen LogP contribution in [0.25, 0.3) is 32.4 Å². The van der Waals surface area contributed by atoms with Gasteiger partial charge in [0, 0.05) is 35.9 Å². The summed E-state index contributed by atoms with van der Waals surface area (Å²) < 4.78 is 9.06. The van der Waals surface area contributed by atoms with Gasteiger partial charge < -0.3 is 9.22 Å². The van der Waals surface area contributed by atoms with Crippen LogP contribution in [0.2, 0.25) is 0 Å². The van der Waals surface area contributed by atoms with E-state index < -0.39 is 0 Å². The topological polar surface area (TPSA) is 22.1 Å². The molecule has 3 saturated heterocycles. The van der Waals surface area contributed by atoms with E-state index in [9.17, 15) is 0 Å². The Morgan fingerprint density at radius 1 is 0.809 bits per heavy atom. The van der Waals surface area contributed by atoms with Gasteiger partial charge >= 0.3 is 0 Å². The molecular formula is C44H47N2O+. The number of hydrogen-bond acceptors (Lipinski definition) is 2. The molecule has 5 aromatic rings. The molecule has 4 saturated carbocycles. The first-order valence-electron chi connectivity index (χ1n) is 18.5. The maximum Gasteiger partial charge on any atom is 0.136 e. The highest BCUT2D eigenvalue weighted by Crippen LogP contribution is 2.60. The molecule has 0 amide bonds. The molecular weight excluding hydrogens is 572 g/mol. The number of ether oxygens (including phenoxy) is 1. The van der Waals surface area contributed by atoms with Crippen molar-refractivity contribution in [3.8, 4) is 0 Å². The van der Waals surface area contributed by atoms with Gasteiger partial charge in [-0.3, -0.25) is 4.98 Å². The van der Waals surface area contributed by atoms with Gasteiger partial charge in [-0.15, -0.1) is 6.58 Å². The maximum atomic E-state index is 7.97. The molecule has 4 aromatic carbocycles. The van der Waals surface area contributed by atoms with Crippen molar-refractivity contribution in [3.63, 3.8) is 0 Å². The lowest BCUT2D eigenvalue weighted by Crippen LogP contribution is -2.68. The SMILES string of the molecule is C=C[C@H]1C[N@+]2(Cc3c4ccccc4cc4ccccc34)CC[C@H]1C[C@@H]2[C@@H](OC12CC3CC(CC(C3)C1)C2)c1ccnc2ccccc12. The molecule has 6 bridgehead atoms. The highest BCUT2D eigenvalue weighted by molar-refractivity contribution is 6.02. The second-order valence-corrected chi connectivity index (χ2v) is 16.4. The number of fused-ring (bicyclic) bond motifs is 6. The number of piperidine rings is 3. The van der Waals surface area contributed by atoms with Crippen LogP contribution in [0, 0.1) is 29.6 Å². The molecule has 0 radical (unpaired) electrons. The summed E-state index contributed by atoms with van der Waals surface area (Å²) in [5.41, 5.74) is 4.00. The van der Waals surface area contributed by atoms with Gasteiger partial charge in [0.15, 0.2) is 0 Å². The molecule has 5 atom stereocenters. The lowest BCUT2D eigenvalue weighted by atomic mass is 9.54. The highest BCUT2D eigenvalue weighted by atomic mass is 16.5. The third-order valence-corrected chi connectivity index (χ3v) is 13.7. The van der Waals surface area contributed by atoms with Gasteiger partial charge in [0.2, 0.25) is 0 Å². The average molecular weight is 620 g/mol. The number of hydrogen-bond donors (Lipinski definition) is 0. The molecule has 4 heterocycles. The average Bonchev–Trinajstić information content (AvgIpc) is 3.10. The third kappa shape index (κ3) is 4.56. The number of aromatic nitrogens is 1. The van der Waals surface area contributed by atoms with E-state index in [2.05, 4.69) is 104 Å². The molecule has 12 rings (SSSR count). The third-order valence-electron chi connectivity index (χ3n) is 13.7. The van der Waals surface area contributed by atoms with Crippen LogP contribution >= 0.6 is 0 Å². The van der Waals surface area contributed by atoms with Crippen LogP contribution in [-0.4, -0.2) is 34.2 Å². The number of quaternary nitrogens is 1. The van der Waals surface area contributed by atoms with Crippen molar-refractivity contribution in [2.75, 3.05) is 13.1 Å².